The van der Waals surface area contributed by atoms with Gasteiger partial charge >= 0.3 is 0 Å². The highest BCUT2D eigenvalue weighted by molar-refractivity contribution is 7.10. The number of amides is 2. The minimum atomic E-state index is 0.0551. The second-order valence-corrected chi connectivity index (χ2v) is 10.2. The van der Waals surface area contributed by atoms with E-state index in [9.17, 15) is 9.59 Å². The highest BCUT2D eigenvalue weighted by atomic mass is 32.1. The van der Waals surface area contributed by atoms with Crippen LogP contribution in [0.5, 0.6) is 0 Å². The van der Waals surface area contributed by atoms with Gasteiger partial charge in [-0.1, -0.05) is 48.0 Å². The van der Waals surface area contributed by atoms with Gasteiger partial charge in [-0.3, -0.25) is 14.5 Å². The summed E-state index contributed by atoms with van der Waals surface area (Å²) in [5.74, 6) is 0.212. The summed E-state index contributed by atoms with van der Waals surface area (Å²) < 4.78 is 0. The van der Waals surface area contributed by atoms with E-state index in [1.807, 2.05) is 58.4 Å². The van der Waals surface area contributed by atoms with Crippen LogP contribution in [-0.2, 0) is 11.2 Å². The van der Waals surface area contributed by atoms with Gasteiger partial charge in [-0.25, -0.2) is 0 Å². The van der Waals surface area contributed by atoms with Gasteiger partial charge in [0.2, 0.25) is 5.91 Å². The molecule has 176 valence electrons. The zero-order chi connectivity index (χ0) is 23.5. The molecule has 6 heteroatoms. The van der Waals surface area contributed by atoms with Crippen molar-refractivity contribution in [2.45, 2.75) is 25.8 Å². The first-order valence-electron chi connectivity index (χ1n) is 12.1. The maximum atomic E-state index is 13.4. The third kappa shape index (κ3) is 4.79. The molecule has 2 aromatic carbocycles. The molecule has 0 radical (unpaired) electrons. The van der Waals surface area contributed by atoms with Gasteiger partial charge in [-0.15, -0.1) is 11.3 Å². The van der Waals surface area contributed by atoms with Crippen LogP contribution in [-0.4, -0.2) is 65.8 Å². The molecule has 0 bridgehead atoms. The van der Waals surface area contributed by atoms with E-state index in [0.29, 0.717) is 32.7 Å². The molecule has 5 rings (SSSR count). The van der Waals surface area contributed by atoms with Crippen LogP contribution in [0.1, 0.15) is 44.4 Å². The van der Waals surface area contributed by atoms with Gasteiger partial charge in [0.15, 0.2) is 0 Å². The first-order chi connectivity index (χ1) is 16.6. The van der Waals surface area contributed by atoms with E-state index in [1.54, 1.807) is 0 Å². The first kappa shape index (κ1) is 22.8. The number of carbonyl (C=O) groups excluding carboxylic acids is 2. The quantitative estimate of drug-likeness (QED) is 0.565. The lowest BCUT2D eigenvalue weighted by Gasteiger charge is -2.37. The Hall–Kier alpha value is -2.96. The van der Waals surface area contributed by atoms with Gasteiger partial charge in [0.1, 0.15) is 0 Å². The number of benzene rings is 2. The molecule has 2 amide bonds. The molecule has 0 spiro atoms. The molecule has 3 heterocycles. The van der Waals surface area contributed by atoms with Crippen molar-refractivity contribution < 1.29 is 9.59 Å². The Morgan fingerprint density at radius 2 is 1.62 bits per heavy atom. The molecule has 34 heavy (non-hydrogen) atoms. The van der Waals surface area contributed by atoms with Crippen LogP contribution in [0.4, 0.5) is 0 Å². The van der Waals surface area contributed by atoms with E-state index in [0.717, 1.165) is 30.5 Å². The Morgan fingerprint density at radius 3 is 2.41 bits per heavy atom. The molecule has 0 saturated carbocycles. The van der Waals surface area contributed by atoms with Crippen LogP contribution in [0.3, 0.4) is 0 Å². The number of thiophene rings is 1. The molecule has 1 atom stereocenters. The molecule has 0 aliphatic carbocycles. The van der Waals surface area contributed by atoms with E-state index in [4.69, 9.17) is 0 Å². The number of hydrogen-bond acceptors (Lipinski definition) is 4. The lowest BCUT2D eigenvalue weighted by atomic mass is 9.93. The standard InChI is InChI=1S/C28H31N3O2S/c1-21-8-10-23(11-9-21)28(33)30-15-5-14-29(17-18-30)26(32)20-31-16-12-25-24(13-19-34-25)27(31)22-6-3-2-4-7-22/h2-4,6-11,13,19,27H,5,12,14-18,20H2,1H3/t27-/m1/s1. The fourth-order valence-corrected chi connectivity index (χ4v) is 5.99. The summed E-state index contributed by atoms with van der Waals surface area (Å²) in [6.07, 6.45) is 1.79. The highest BCUT2D eigenvalue weighted by Crippen LogP contribution is 2.37. The van der Waals surface area contributed by atoms with Crippen molar-refractivity contribution in [1.82, 2.24) is 14.7 Å². The van der Waals surface area contributed by atoms with Crippen LogP contribution in [0.15, 0.2) is 66.0 Å². The number of nitrogens with zero attached hydrogens (tertiary/aromatic N) is 3. The van der Waals surface area contributed by atoms with E-state index in [1.165, 1.54) is 16.0 Å². The summed E-state index contributed by atoms with van der Waals surface area (Å²) in [6, 6.07) is 20.6. The molecular weight excluding hydrogens is 442 g/mol. The molecular formula is C28H31N3O2S. The van der Waals surface area contributed by atoms with Crippen LogP contribution in [0, 0.1) is 6.92 Å². The van der Waals surface area contributed by atoms with E-state index in [2.05, 4.69) is 40.6 Å². The highest BCUT2D eigenvalue weighted by Gasteiger charge is 2.32. The predicted molar refractivity (Wildman–Crippen MR) is 136 cm³/mol. The van der Waals surface area contributed by atoms with Crippen molar-refractivity contribution in [3.8, 4) is 0 Å². The van der Waals surface area contributed by atoms with Crippen molar-refractivity contribution in [3.63, 3.8) is 0 Å². The first-order valence-corrected chi connectivity index (χ1v) is 13.0. The Labute approximate surface area is 205 Å². The van der Waals surface area contributed by atoms with Gasteiger partial charge < -0.3 is 9.80 Å². The van der Waals surface area contributed by atoms with Crippen molar-refractivity contribution in [1.29, 1.82) is 0 Å². The maximum absolute atomic E-state index is 13.4. The average Bonchev–Trinajstić information content (AvgIpc) is 3.20. The third-order valence-electron chi connectivity index (χ3n) is 6.95. The van der Waals surface area contributed by atoms with Crippen molar-refractivity contribution in [2.24, 2.45) is 0 Å². The van der Waals surface area contributed by atoms with Crippen molar-refractivity contribution >= 4 is 23.2 Å². The van der Waals surface area contributed by atoms with Crippen molar-refractivity contribution in [3.05, 3.63) is 93.2 Å². The Bertz CT molecular complexity index is 1140. The van der Waals surface area contributed by atoms with Gasteiger partial charge in [-0.2, -0.15) is 0 Å². The number of fused-ring (bicyclic) bond motifs is 1. The SMILES string of the molecule is Cc1ccc(C(=O)N2CCCN(C(=O)CN3CCc4sccc4[C@H]3c3ccccc3)CC2)cc1. The smallest absolute Gasteiger partial charge is 0.253 e. The fraction of sp³-hybridized carbons (Fsp3) is 0.357. The number of aryl methyl sites for hydroxylation is 1. The summed E-state index contributed by atoms with van der Waals surface area (Å²) in [5, 5.41) is 2.17. The van der Waals surface area contributed by atoms with Crippen molar-refractivity contribution in [2.75, 3.05) is 39.3 Å². The Kier molecular flexibility index (Phi) is 6.79. The predicted octanol–water partition coefficient (Wildman–Crippen LogP) is 4.38. The molecule has 2 aliphatic heterocycles. The lowest BCUT2D eigenvalue weighted by molar-refractivity contribution is -0.132. The number of hydrogen-bond donors (Lipinski definition) is 0. The summed E-state index contributed by atoms with van der Waals surface area (Å²) in [6.45, 7) is 5.85. The third-order valence-corrected chi connectivity index (χ3v) is 7.95. The van der Waals surface area contributed by atoms with E-state index >= 15 is 0 Å². The molecule has 0 unspecified atom stereocenters. The summed E-state index contributed by atoms with van der Waals surface area (Å²) in [4.78, 5) is 34.0. The zero-order valence-corrected chi connectivity index (χ0v) is 20.5. The number of rotatable bonds is 4. The molecule has 5 nitrogen and oxygen atoms in total. The molecule has 1 saturated heterocycles. The monoisotopic (exact) mass is 473 g/mol. The minimum absolute atomic E-state index is 0.0551. The van der Waals surface area contributed by atoms with Crippen LogP contribution in [0.2, 0.25) is 0 Å². The van der Waals surface area contributed by atoms with Gasteiger partial charge in [0, 0.05) is 43.2 Å². The zero-order valence-electron chi connectivity index (χ0n) is 19.7. The lowest BCUT2D eigenvalue weighted by Crippen LogP contribution is -2.45. The summed E-state index contributed by atoms with van der Waals surface area (Å²) in [5.41, 5.74) is 4.43. The van der Waals surface area contributed by atoms with Crippen LogP contribution in [0.25, 0.3) is 0 Å². The average molecular weight is 474 g/mol. The maximum Gasteiger partial charge on any atom is 0.253 e. The normalized spacial score (nSPS) is 18.9. The number of carbonyl (C=O) groups is 2. The van der Waals surface area contributed by atoms with Crippen LogP contribution >= 0.6 is 11.3 Å². The molecule has 3 aromatic rings. The topological polar surface area (TPSA) is 43.9 Å². The van der Waals surface area contributed by atoms with Crippen LogP contribution < -0.4 is 0 Å². The summed E-state index contributed by atoms with van der Waals surface area (Å²) >= 11 is 1.82. The van der Waals surface area contributed by atoms with E-state index < -0.39 is 0 Å². The molecule has 2 aliphatic rings. The Morgan fingerprint density at radius 1 is 0.882 bits per heavy atom. The van der Waals surface area contributed by atoms with Gasteiger partial charge in [-0.05, 0) is 54.5 Å². The fourth-order valence-electron chi connectivity index (χ4n) is 5.09. The van der Waals surface area contributed by atoms with E-state index in [-0.39, 0.29) is 17.9 Å². The minimum Gasteiger partial charge on any atom is -0.340 e. The summed E-state index contributed by atoms with van der Waals surface area (Å²) in [7, 11) is 0. The van der Waals surface area contributed by atoms with Gasteiger partial charge in [0.05, 0.1) is 12.6 Å². The van der Waals surface area contributed by atoms with Gasteiger partial charge in [0.25, 0.3) is 5.91 Å². The molecule has 1 aromatic heterocycles. The molecule has 1 fully saturated rings. The Balaban J connectivity index is 1.26. The second-order valence-electron chi connectivity index (χ2n) is 9.23. The largest absolute Gasteiger partial charge is 0.340 e. The molecule has 0 N–H and O–H groups in total. The second kappa shape index (κ2) is 10.1.